The third kappa shape index (κ3) is 5.24. The van der Waals surface area contributed by atoms with Gasteiger partial charge in [0.05, 0.1) is 17.8 Å². The van der Waals surface area contributed by atoms with Crippen LogP contribution in [0, 0.1) is 5.82 Å². The number of halogens is 2. The van der Waals surface area contributed by atoms with Gasteiger partial charge >= 0.3 is 0 Å². The second kappa shape index (κ2) is 10.7. The van der Waals surface area contributed by atoms with Crippen LogP contribution in [0.25, 0.3) is 17.2 Å². The van der Waals surface area contributed by atoms with Gasteiger partial charge in [-0.05, 0) is 49.6 Å². The van der Waals surface area contributed by atoms with Gasteiger partial charge in [0.2, 0.25) is 0 Å². The molecule has 1 aliphatic rings. The summed E-state index contributed by atoms with van der Waals surface area (Å²) in [5.74, 6) is -0.868. The summed E-state index contributed by atoms with van der Waals surface area (Å²) in [6.45, 7) is 2.96. The van der Waals surface area contributed by atoms with E-state index in [9.17, 15) is 17.6 Å². The van der Waals surface area contributed by atoms with Gasteiger partial charge in [-0.1, -0.05) is 54.1 Å². The minimum Gasteiger partial charge on any atom is -0.494 e. The molecule has 9 heteroatoms. The standard InChI is InChI=1S/C27H26ClFN2O4S/c1-3-9-19-15-23(29)21(18-10-5-4-6-11-18)17-24(19)30-36(33,34)25-16-20(14-22(28)26(25)35-2)27(32)31-12-7-8-13-31/h3-6,9-11,14-17,30H,7-8,12-13H2,1-2H3/b9-3+. The summed E-state index contributed by atoms with van der Waals surface area (Å²) >= 11 is 6.35. The number of nitrogens with one attached hydrogen (secondary N) is 1. The first-order chi connectivity index (χ1) is 17.2. The normalized spacial score (nSPS) is 13.8. The van der Waals surface area contributed by atoms with Crippen molar-refractivity contribution in [2.75, 3.05) is 24.9 Å². The number of allylic oxidation sites excluding steroid dienone is 1. The molecule has 6 nitrogen and oxygen atoms in total. The number of hydrogen-bond acceptors (Lipinski definition) is 4. The Bertz CT molecular complexity index is 1420. The Morgan fingerprint density at radius 1 is 1.11 bits per heavy atom. The van der Waals surface area contributed by atoms with Crippen molar-refractivity contribution in [2.24, 2.45) is 0 Å². The second-order valence-electron chi connectivity index (χ2n) is 8.38. The Labute approximate surface area is 215 Å². The van der Waals surface area contributed by atoms with Crippen LogP contribution in [0.1, 0.15) is 35.7 Å². The first-order valence-corrected chi connectivity index (χ1v) is 13.3. The van der Waals surface area contributed by atoms with Gasteiger partial charge in [0.1, 0.15) is 10.7 Å². The predicted molar refractivity (Wildman–Crippen MR) is 140 cm³/mol. The molecule has 0 saturated carbocycles. The van der Waals surface area contributed by atoms with Crippen molar-refractivity contribution >= 4 is 39.3 Å². The van der Waals surface area contributed by atoms with E-state index >= 15 is 0 Å². The molecule has 188 valence electrons. The van der Waals surface area contributed by atoms with Gasteiger partial charge in [-0.3, -0.25) is 9.52 Å². The minimum absolute atomic E-state index is 0.000630. The number of sulfonamides is 1. The lowest BCUT2D eigenvalue weighted by Gasteiger charge is -2.19. The zero-order chi connectivity index (χ0) is 25.9. The molecular formula is C27H26ClFN2O4S. The number of nitrogens with zero attached hydrogens (tertiary/aromatic N) is 1. The highest BCUT2D eigenvalue weighted by Gasteiger charge is 2.28. The molecule has 0 aromatic heterocycles. The predicted octanol–water partition coefficient (Wildman–Crippen LogP) is 6.22. The molecule has 0 spiro atoms. The van der Waals surface area contributed by atoms with Crippen molar-refractivity contribution in [2.45, 2.75) is 24.7 Å². The van der Waals surface area contributed by atoms with Crippen molar-refractivity contribution < 1.29 is 22.3 Å². The van der Waals surface area contributed by atoms with Crippen LogP contribution in [-0.2, 0) is 10.0 Å². The number of ether oxygens (including phenoxy) is 1. The molecule has 0 bridgehead atoms. The van der Waals surface area contributed by atoms with E-state index in [4.69, 9.17) is 16.3 Å². The van der Waals surface area contributed by atoms with Crippen molar-refractivity contribution in [3.05, 3.63) is 82.6 Å². The average molecular weight is 529 g/mol. The topological polar surface area (TPSA) is 75.7 Å². The number of carbonyl (C=O) groups excluding carboxylic acids is 1. The van der Waals surface area contributed by atoms with Gasteiger partial charge in [-0.2, -0.15) is 0 Å². The lowest BCUT2D eigenvalue weighted by molar-refractivity contribution is 0.0792. The van der Waals surface area contributed by atoms with E-state index in [1.807, 2.05) is 6.07 Å². The molecule has 3 aromatic carbocycles. The molecule has 1 saturated heterocycles. The zero-order valence-corrected chi connectivity index (χ0v) is 21.5. The van der Waals surface area contributed by atoms with Crippen LogP contribution in [0.3, 0.4) is 0 Å². The second-order valence-corrected chi connectivity index (χ2v) is 10.4. The van der Waals surface area contributed by atoms with Gasteiger partial charge in [0.15, 0.2) is 5.75 Å². The molecule has 0 unspecified atom stereocenters. The van der Waals surface area contributed by atoms with E-state index in [2.05, 4.69) is 4.72 Å². The SMILES string of the molecule is C/C=C/c1cc(F)c(-c2ccccc2)cc1NS(=O)(=O)c1cc(C(=O)N2CCCC2)cc(Cl)c1OC. The summed E-state index contributed by atoms with van der Waals surface area (Å²) in [7, 11) is -2.99. The summed E-state index contributed by atoms with van der Waals surface area (Å²) in [6.07, 6.45) is 5.07. The van der Waals surface area contributed by atoms with E-state index in [1.165, 1.54) is 31.4 Å². The fourth-order valence-electron chi connectivity index (χ4n) is 4.23. The lowest BCUT2D eigenvalue weighted by atomic mass is 10.0. The maximum Gasteiger partial charge on any atom is 0.265 e. The highest BCUT2D eigenvalue weighted by Crippen LogP contribution is 2.37. The summed E-state index contributed by atoms with van der Waals surface area (Å²) in [4.78, 5) is 14.4. The van der Waals surface area contributed by atoms with Crippen molar-refractivity contribution in [3.63, 3.8) is 0 Å². The molecule has 1 heterocycles. The Kier molecular flexibility index (Phi) is 7.66. The molecule has 0 radical (unpaired) electrons. The Balaban J connectivity index is 1.80. The fourth-order valence-corrected chi connectivity index (χ4v) is 5.87. The highest BCUT2D eigenvalue weighted by atomic mass is 35.5. The van der Waals surface area contributed by atoms with Crippen LogP contribution < -0.4 is 9.46 Å². The van der Waals surface area contributed by atoms with Crippen molar-refractivity contribution in [1.29, 1.82) is 0 Å². The molecule has 36 heavy (non-hydrogen) atoms. The number of anilines is 1. The molecule has 3 aromatic rings. The summed E-state index contributed by atoms with van der Waals surface area (Å²) in [5.41, 5.74) is 1.50. The third-order valence-corrected chi connectivity index (χ3v) is 7.61. The zero-order valence-electron chi connectivity index (χ0n) is 19.9. The smallest absolute Gasteiger partial charge is 0.265 e. The maximum absolute atomic E-state index is 15.0. The summed E-state index contributed by atoms with van der Waals surface area (Å²) in [5, 5.41) is 0.000630. The van der Waals surface area contributed by atoms with Gasteiger partial charge in [0.25, 0.3) is 15.9 Å². The van der Waals surface area contributed by atoms with Gasteiger partial charge in [-0.15, -0.1) is 0 Å². The number of rotatable bonds is 7. The van der Waals surface area contributed by atoms with E-state index < -0.39 is 15.8 Å². The van der Waals surface area contributed by atoms with E-state index in [-0.39, 0.29) is 38.4 Å². The number of methoxy groups -OCH3 is 1. The molecule has 1 N–H and O–H groups in total. The van der Waals surface area contributed by atoms with Crippen molar-refractivity contribution in [1.82, 2.24) is 4.90 Å². The number of carbonyl (C=O) groups is 1. The Hall–Kier alpha value is -3.36. The molecule has 1 fully saturated rings. The van der Waals surface area contributed by atoms with Gasteiger partial charge in [-0.25, -0.2) is 12.8 Å². The number of benzene rings is 3. The van der Waals surface area contributed by atoms with Crippen LogP contribution >= 0.6 is 11.6 Å². The summed E-state index contributed by atoms with van der Waals surface area (Å²) in [6, 6.07) is 14.2. The highest BCUT2D eigenvalue weighted by molar-refractivity contribution is 7.92. The van der Waals surface area contributed by atoms with Crippen LogP contribution in [0.5, 0.6) is 5.75 Å². The summed E-state index contributed by atoms with van der Waals surface area (Å²) < 4.78 is 50.1. The molecular weight excluding hydrogens is 503 g/mol. The van der Waals surface area contributed by atoms with Crippen LogP contribution in [0.2, 0.25) is 5.02 Å². The average Bonchev–Trinajstić information content (AvgIpc) is 3.40. The van der Waals surface area contributed by atoms with Gasteiger partial charge in [0, 0.05) is 29.8 Å². The van der Waals surface area contributed by atoms with Crippen LogP contribution in [0.4, 0.5) is 10.1 Å². The molecule has 1 aliphatic heterocycles. The van der Waals surface area contributed by atoms with E-state index in [0.29, 0.717) is 24.2 Å². The molecule has 4 rings (SSSR count). The Morgan fingerprint density at radius 2 is 1.81 bits per heavy atom. The quantitative estimate of drug-likeness (QED) is 0.395. The first kappa shape index (κ1) is 25.7. The third-order valence-electron chi connectivity index (χ3n) is 5.96. The largest absolute Gasteiger partial charge is 0.494 e. The van der Waals surface area contributed by atoms with Crippen LogP contribution in [-0.4, -0.2) is 39.4 Å². The fraction of sp³-hybridized carbons (Fsp3) is 0.222. The van der Waals surface area contributed by atoms with Crippen LogP contribution in [0.15, 0.2) is 65.6 Å². The lowest BCUT2D eigenvalue weighted by Crippen LogP contribution is -2.28. The minimum atomic E-state index is -4.30. The number of likely N-dealkylation sites (tertiary alicyclic amines) is 1. The monoisotopic (exact) mass is 528 g/mol. The number of hydrogen-bond donors (Lipinski definition) is 1. The van der Waals surface area contributed by atoms with Gasteiger partial charge < -0.3 is 9.64 Å². The molecule has 0 aliphatic carbocycles. The Morgan fingerprint density at radius 3 is 2.44 bits per heavy atom. The van der Waals surface area contributed by atoms with Crippen molar-refractivity contribution in [3.8, 4) is 16.9 Å². The number of amides is 1. The van der Waals surface area contributed by atoms with E-state index in [1.54, 1.807) is 48.2 Å². The first-order valence-electron chi connectivity index (χ1n) is 11.5. The molecule has 0 atom stereocenters. The van der Waals surface area contributed by atoms with E-state index in [0.717, 1.165) is 12.8 Å². The molecule has 1 amide bonds. The maximum atomic E-state index is 15.0.